The summed E-state index contributed by atoms with van der Waals surface area (Å²) in [5, 5.41) is 0. The molecule has 1 aromatic rings. The third kappa shape index (κ3) is 6.67. The zero-order valence-electron chi connectivity index (χ0n) is 20.3. The minimum atomic E-state index is -5.19. The van der Waals surface area contributed by atoms with Crippen molar-refractivity contribution < 1.29 is 36.2 Å². The first-order chi connectivity index (χ1) is 15.6. The molecule has 0 saturated heterocycles. The van der Waals surface area contributed by atoms with Gasteiger partial charge in [0.25, 0.3) is 5.67 Å². The lowest BCUT2D eigenvalue weighted by Crippen LogP contribution is -2.68. The normalized spacial score (nSPS) is 14.9. The van der Waals surface area contributed by atoms with E-state index in [9.17, 15) is 0 Å². The first-order valence-corrected chi connectivity index (χ1v) is 12.0. The SMILES string of the molecule is CCCCCCC(F)(F)C(F)(F)C(F)(c1ccccc1)C(OCCC)(OCCC)OCCC. The van der Waals surface area contributed by atoms with E-state index in [0.717, 1.165) is 18.6 Å². The summed E-state index contributed by atoms with van der Waals surface area (Å²) in [5.74, 6) is -12.9. The molecular formula is C25H39F5O3. The van der Waals surface area contributed by atoms with Gasteiger partial charge in [-0.25, -0.2) is 4.39 Å². The molecule has 1 atom stereocenters. The van der Waals surface area contributed by atoms with Crippen LogP contribution in [0, 0.1) is 0 Å². The number of alkyl halides is 5. The molecule has 0 aliphatic carbocycles. The fourth-order valence-corrected chi connectivity index (χ4v) is 3.53. The van der Waals surface area contributed by atoms with Gasteiger partial charge in [-0.05, 0) is 25.7 Å². The average Bonchev–Trinajstić information content (AvgIpc) is 2.81. The lowest BCUT2D eigenvalue weighted by Gasteiger charge is -2.48. The van der Waals surface area contributed by atoms with Crippen molar-refractivity contribution in [3.63, 3.8) is 0 Å². The standard InChI is InChI=1S/C25H39F5O3/c1-5-9-10-14-17-22(26,27)24(29,30)23(28,21-15-12-11-13-16-21)25(31-18-6-2,32-19-7-3)33-20-8-4/h11-13,15-16H,5-10,14,17-20H2,1-4H3. The molecule has 0 aromatic heterocycles. The highest BCUT2D eigenvalue weighted by Gasteiger charge is 2.79. The van der Waals surface area contributed by atoms with Crippen LogP contribution in [-0.2, 0) is 19.9 Å². The smallest absolute Gasteiger partial charge is 0.324 e. The second kappa shape index (κ2) is 13.6. The Morgan fingerprint density at radius 3 is 1.55 bits per heavy atom. The first-order valence-electron chi connectivity index (χ1n) is 12.0. The van der Waals surface area contributed by atoms with E-state index in [2.05, 4.69) is 0 Å². The van der Waals surface area contributed by atoms with Crippen molar-refractivity contribution in [2.24, 2.45) is 0 Å². The largest absolute Gasteiger partial charge is 0.355 e. The summed E-state index contributed by atoms with van der Waals surface area (Å²) >= 11 is 0. The van der Waals surface area contributed by atoms with E-state index < -0.39 is 35.5 Å². The Kier molecular flexibility index (Phi) is 12.3. The van der Waals surface area contributed by atoms with Gasteiger partial charge in [-0.2, -0.15) is 17.6 Å². The maximum atomic E-state index is 17.1. The van der Waals surface area contributed by atoms with Gasteiger partial charge in [-0.1, -0.05) is 77.3 Å². The van der Waals surface area contributed by atoms with Crippen molar-refractivity contribution in [1.82, 2.24) is 0 Å². The number of unbranched alkanes of at least 4 members (excludes halogenated alkanes) is 3. The lowest BCUT2D eigenvalue weighted by molar-refractivity contribution is -0.474. The van der Waals surface area contributed by atoms with Crippen molar-refractivity contribution in [1.29, 1.82) is 0 Å². The van der Waals surface area contributed by atoms with Crippen LogP contribution < -0.4 is 0 Å². The number of hydrogen-bond acceptors (Lipinski definition) is 3. The van der Waals surface area contributed by atoms with E-state index in [-0.39, 0.29) is 26.2 Å². The molecule has 192 valence electrons. The molecule has 0 spiro atoms. The van der Waals surface area contributed by atoms with E-state index in [1.54, 1.807) is 20.8 Å². The Morgan fingerprint density at radius 2 is 1.12 bits per heavy atom. The van der Waals surface area contributed by atoms with Crippen LogP contribution in [0.3, 0.4) is 0 Å². The van der Waals surface area contributed by atoms with Gasteiger partial charge >= 0.3 is 17.8 Å². The Hall–Kier alpha value is -1.25. The summed E-state index contributed by atoms with van der Waals surface area (Å²) in [7, 11) is 0. The number of rotatable bonds is 18. The highest BCUT2D eigenvalue weighted by Crippen LogP contribution is 2.58. The van der Waals surface area contributed by atoms with Gasteiger partial charge in [0.1, 0.15) is 0 Å². The van der Waals surface area contributed by atoms with Crippen LogP contribution in [0.2, 0.25) is 0 Å². The molecule has 0 bridgehead atoms. The molecule has 8 heteroatoms. The zero-order chi connectivity index (χ0) is 25.0. The van der Waals surface area contributed by atoms with Gasteiger partial charge in [0.2, 0.25) is 0 Å². The fourth-order valence-electron chi connectivity index (χ4n) is 3.53. The summed E-state index contributed by atoms with van der Waals surface area (Å²) in [5.41, 5.74) is -4.80. The minimum absolute atomic E-state index is 0.157. The quantitative estimate of drug-likeness (QED) is 0.120. The summed E-state index contributed by atoms with van der Waals surface area (Å²) in [6.07, 6.45) is 1.36. The van der Waals surface area contributed by atoms with Gasteiger partial charge in [0.15, 0.2) is 0 Å². The van der Waals surface area contributed by atoms with Crippen molar-refractivity contribution in [3.05, 3.63) is 35.9 Å². The molecule has 0 heterocycles. The fraction of sp³-hybridized carbons (Fsp3) is 0.760. The van der Waals surface area contributed by atoms with Crippen molar-refractivity contribution in [2.45, 2.75) is 103 Å². The lowest BCUT2D eigenvalue weighted by atomic mass is 9.81. The van der Waals surface area contributed by atoms with Gasteiger partial charge in [-0.3, -0.25) is 0 Å². The Bertz CT molecular complexity index is 635. The zero-order valence-corrected chi connectivity index (χ0v) is 20.3. The van der Waals surface area contributed by atoms with Crippen LogP contribution in [-0.4, -0.2) is 37.6 Å². The van der Waals surface area contributed by atoms with E-state index >= 15 is 22.0 Å². The molecule has 0 aliphatic rings. The molecule has 0 fully saturated rings. The monoisotopic (exact) mass is 482 g/mol. The first kappa shape index (κ1) is 29.8. The molecule has 0 saturated carbocycles. The Balaban J connectivity index is 3.70. The second-order valence-electron chi connectivity index (χ2n) is 8.22. The van der Waals surface area contributed by atoms with E-state index in [1.807, 2.05) is 6.92 Å². The third-order valence-corrected chi connectivity index (χ3v) is 5.32. The topological polar surface area (TPSA) is 27.7 Å². The van der Waals surface area contributed by atoms with E-state index in [0.29, 0.717) is 32.1 Å². The van der Waals surface area contributed by atoms with Crippen molar-refractivity contribution in [2.75, 3.05) is 19.8 Å². The third-order valence-electron chi connectivity index (χ3n) is 5.32. The van der Waals surface area contributed by atoms with Gasteiger partial charge in [0.05, 0.1) is 19.8 Å². The molecule has 1 aromatic carbocycles. The Labute approximate surface area is 195 Å². The van der Waals surface area contributed by atoms with Crippen LogP contribution in [0.15, 0.2) is 30.3 Å². The molecule has 0 aliphatic heterocycles. The minimum Gasteiger partial charge on any atom is -0.324 e. The molecule has 0 radical (unpaired) electrons. The molecule has 33 heavy (non-hydrogen) atoms. The molecule has 1 unspecified atom stereocenters. The summed E-state index contributed by atoms with van der Waals surface area (Å²) in [6, 6.07) is 6.18. The highest BCUT2D eigenvalue weighted by molar-refractivity contribution is 5.29. The van der Waals surface area contributed by atoms with Crippen LogP contribution >= 0.6 is 0 Å². The van der Waals surface area contributed by atoms with Crippen LogP contribution in [0.1, 0.15) is 84.6 Å². The number of halogens is 5. The van der Waals surface area contributed by atoms with Crippen LogP contribution in [0.4, 0.5) is 22.0 Å². The van der Waals surface area contributed by atoms with Gasteiger partial charge in [0, 0.05) is 12.0 Å². The van der Waals surface area contributed by atoms with Crippen LogP contribution in [0.25, 0.3) is 0 Å². The maximum absolute atomic E-state index is 17.1. The average molecular weight is 483 g/mol. The summed E-state index contributed by atoms with van der Waals surface area (Å²) in [4.78, 5) is 0. The molecule has 0 N–H and O–H groups in total. The van der Waals surface area contributed by atoms with Gasteiger partial charge in [-0.15, -0.1) is 0 Å². The molecule has 3 nitrogen and oxygen atoms in total. The Morgan fingerprint density at radius 1 is 0.636 bits per heavy atom. The molecule has 0 amide bonds. The molecule has 1 rings (SSSR count). The second-order valence-corrected chi connectivity index (χ2v) is 8.22. The summed E-state index contributed by atoms with van der Waals surface area (Å²) < 4.78 is 95.6. The maximum Gasteiger partial charge on any atom is 0.355 e. The van der Waals surface area contributed by atoms with E-state index in [4.69, 9.17) is 14.2 Å². The van der Waals surface area contributed by atoms with Crippen LogP contribution in [0.5, 0.6) is 0 Å². The number of hydrogen-bond donors (Lipinski definition) is 0. The highest BCUT2D eigenvalue weighted by atomic mass is 19.3. The van der Waals surface area contributed by atoms with E-state index in [1.165, 1.54) is 18.2 Å². The number of ether oxygens (including phenoxy) is 3. The van der Waals surface area contributed by atoms with Crippen molar-refractivity contribution in [3.8, 4) is 0 Å². The number of benzene rings is 1. The predicted molar refractivity (Wildman–Crippen MR) is 119 cm³/mol. The summed E-state index contributed by atoms with van der Waals surface area (Å²) in [6.45, 7) is 6.29. The van der Waals surface area contributed by atoms with Crippen molar-refractivity contribution >= 4 is 0 Å². The molecular weight excluding hydrogens is 443 g/mol. The van der Waals surface area contributed by atoms with Gasteiger partial charge < -0.3 is 14.2 Å². The predicted octanol–water partition coefficient (Wildman–Crippen LogP) is 8.03.